The highest BCUT2D eigenvalue weighted by molar-refractivity contribution is 6.05. The summed E-state index contributed by atoms with van der Waals surface area (Å²) in [5.74, 6) is -0.680. The summed E-state index contributed by atoms with van der Waals surface area (Å²) < 4.78 is 0. The highest BCUT2D eigenvalue weighted by atomic mass is 16.2. The Morgan fingerprint density at radius 3 is 2.50 bits per heavy atom. The quantitative estimate of drug-likeness (QED) is 0.516. The number of nitrogens with one attached hydrogen (secondary N) is 1. The first-order chi connectivity index (χ1) is 8.49. The third-order valence-electron chi connectivity index (χ3n) is 3.64. The number of rotatable bonds is 2. The highest BCUT2D eigenvalue weighted by Gasteiger charge is 2.45. The number of anilines is 1. The number of carbonyl (C=O) groups is 2. The van der Waals surface area contributed by atoms with E-state index in [0.29, 0.717) is 18.5 Å². The van der Waals surface area contributed by atoms with Gasteiger partial charge in [-0.15, -0.1) is 0 Å². The maximum Gasteiger partial charge on any atom is 0.243 e. The molecule has 0 aromatic heterocycles. The maximum absolute atomic E-state index is 12.2. The minimum atomic E-state index is -0.735. The van der Waals surface area contributed by atoms with Gasteiger partial charge in [0.1, 0.15) is 0 Å². The van der Waals surface area contributed by atoms with E-state index in [9.17, 15) is 9.59 Å². The van der Waals surface area contributed by atoms with Crippen molar-refractivity contribution in [1.82, 2.24) is 5.32 Å². The lowest BCUT2D eigenvalue weighted by Crippen LogP contribution is -2.59. The third-order valence-corrected chi connectivity index (χ3v) is 3.64. The average molecular weight is 247 g/mol. The minimum Gasteiger partial charge on any atom is -0.399 e. The summed E-state index contributed by atoms with van der Waals surface area (Å²) in [6.07, 6.45) is 0.918. The van der Waals surface area contributed by atoms with E-state index in [4.69, 9.17) is 11.5 Å². The number of imide groups is 1. The van der Waals surface area contributed by atoms with Crippen molar-refractivity contribution in [2.24, 2.45) is 5.73 Å². The molecule has 2 atom stereocenters. The largest absolute Gasteiger partial charge is 0.399 e. The fourth-order valence-corrected chi connectivity index (χ4v) is 2.45. The van der Waals surface area contributed by atoms with Crippen LogP contribution in [0.25, 0.3) is 0 Å². The molecule has 96 valence electrons. The molecule has 0 saturated carbocycles. The number of hydrogen-bond donors (Lipinski definition) is 3. The van der Waals surface area contributed by atoms with Crippen molar-refractivity contribution in [2.75, 3.05) is 5.73 Å². The van der Waals surface area contributed by atoms with E-state index >= 15 is 0 Å². The molecule has 0 aliphatic carbocycles. The van der Waals surface area contributed by atoms with Gasteiger partial charge in [0.15, 0.2) is 0 Å². The van der Waals surface area contributed by atoms with Crippen LogP contribution in [-0.4, -0.2) is 17.9 Å². The Hall–Kier alpha value is -1.88. The van der Waals surface area contributed by atoms with Crippen molar-refractivity contribution in [1.29, 1.82) is 0 Å². The Labute approximate surface area is 106 Å². The average Bonchev–Trinajstić information content (AvgIpc) is 2.35. The fraction of sp³-hybridized carbons (Fsp3) is 0.385. The molecule has 1 aliphatic rings. The number of hydrogen-bond acceptors (Lipinski definition) is 4. The fourth-order valence-electron chi connectivity index (χ4n) is 2.45. The molecule has 5 heteroatoms. The lowest BCUT2D eigenvalue weighted by molar-refractivity contribution is -0.139. The molecule has 1 aromatic carbocycles. The van der Waals surface area contributed by atoms with E-state index < -0.39 is 17.4 Å². The van der Waals surface area contributed by atoms with Crippen LogP contribution in [0, 0.1) is 0 Å². The van der Waals surface area contributed by atoms with E-state index in [2.05, 4.69) is 5.32 Å². The zero-order chi connectivity index (χ0) is 13.3. The van der Waals surface area contributed by atoms with Crippen molar-refractivity contribution < 1.29 is 9.59 Å². The number of amides is 2. The van der Waals surface area contributed by atoms with E-state index in [1.807, 2.05) is 19.1 Å². The monoisotopic (exact) mass is 247 g/mol. The first-order valence-corrected chi connectivity index (χ1v) is 5.96. The second kappa shape index (κ2) is 4.42. The maximum atomic E-state index is 12.2. The van der Waals surface area contributed by atoms with Gasteiger partial charge in [-0.1, -0.05) is 19.1 Å². The SMILES string of the molecule is CCC1(c2ccc(N)cc2)CC(N)C(=O)NC1=O. The van der Waals surface area contributed by atoms with Gasteiger partial charge in [-0.3, -0.25) is 14.9 Å². The molecular formula is C13H17N3O2. The molecule has 2 amide bonds. The lowest BCUT2D eigenvalue weighted by Gasteiger charge is -2.37. The summed E-state index contributed by atoms with van der Waals surface area (Å²) in [4.78, 5) is 23.6. The summed E-state index contributed by atoms with van der Waals surface area (Å²) >= 11 is 0. The van der Waals surface area contributed by atoms with Crippen LogP contribution in [0.15, 0.2) is 24.3 Å². The van der Waals surface area contributed by atoms with Gasteiger partial charge in [0.2, 0.25) is 11.8 Å². The number of benzene rings is 1. The molecule has 2 rings (SSSR count). The Bertz CT molecular complexity index is 484. The van der Waals surface area contributed by atoms with Crippen LogP contribution in [0.2, 0.25) is 0 Å². The van der Waals surface area contributed by atoms with Crippen LogP contribution in [-0.2, 0) is 15.0 Å². The van der Waals surface area contributed by atoms with E-state index in [-0.39, 0.29) is 5.91 Å². The Morgan fingerprint density at radius 2 is 1.94 bits per heavy atom. The summed E-state index contributed by atoms with van der Waals surface area (Å²) in [5, 5.41) is 2.35. The number of nitrogen functional groups attached to an aromatic ring is 1. The van der Waals surface area contributed by atoms with E-state index in [1.54, 1.807) is 12.1 Å². The molecule has 0 radical (unpaired) electrons. The van der Waals surface area contributed by atoms with Gasteiger partial charge in [0, 0.05) is 5.69 Å². The van der Waals surface area contributed by atoms with Gasteiger partial charge < -0.3 is 11.5 Å². The molecule has 5 N–H and O–H groups in total. The van der Waals surface area contributed by atoms with Gasteiger partial charge in [-0.25, -0.2) is 0 Å². The number of carbonyl (C=O) groups excluding carboxylic acids is 2. The Kier molecular flexibility index (Phi) is 3.09. The van der Waals surface area contributed by atoms with Crippen LogP contribution in [0.4, 0.5) is 5.69 Å². The second-order valence-corrected chi connectivity index (χ2v) is 4.69. The van der Waals surface area contributed by atoms with Gasteiger partial charge >= 0.3 is 0 Å². The van der Waals surface area contributed by atoms with Crippen molar-refractivity contribution in [3.63, 3.8) is 0 Å². The van der Waals surface area contributed by atoms with Crippen LogP contribution in [0.1, 0.15) is 25.3 Å². The Balaban J connectivity index is 2.44. The molecule has 0 bridgehead atoms. The molecule has 1 aliphatic heterocycles. The zero-order valence-corrected chi connectivity index (χ0v) is 10.3. The van der Waals surface area contributed by atoms with Gasteiger partial charge in [-0.2, -0.15) is 0 Å². The molecule has 1 fully saturated rings. The molecule has 0 spiro atoms. The van der Waals surface area contributed by atoms with Gasteiger partial charge in [0.05, 0.1) is 11.5 Å². The normalized spacial score (nSPS) is 28.0. The van der Waals surface area contributed by atoms with Crippen LogP contribution >= 0.6 is 0 Å². The molecular weight excluding hydrogens is 230 g/mol. The summed E-state index contributed by atoms with van der Waals surface area (Å²) in [5.41, 5.74) is 12.2. The molecule has 5 nitrogen and oxygen atoms in total. The predicted molar refractivity (Wildman–Crippen MR) is 68.6 cm³/mol. The smallest absolute Gasteiger partial charge is 0.243 e. The number of nitrogens with two attached hydrogens (primary N) is 2. The van der Waals surface area contributed by atoms with Gasteiger partial charge in [-0.05, 0) is 30.5 Å². The van der Waals surface area contributed by atoms with Crippen molar-refractivity contribution >= 4 is 17.5 Å². The topological polar surface area (TPSA) is 98.2 Å². The van der Waals surface area contributed by atoms with Crippen LogP contribution < -0.4 is 16.8 Å². The molecule has 2 unspecified atom stereocenters. The van der Waals surface area contributed by atoms with Gasteiger partial charge in [0.25, 0.3) is 0 Å². The Morgan fingerprint density at radius 1 is 1.33 bits per heavy atom. The second-order valence-electron chi connectivity index (χ2n) is 4.69. The van der Waals surface area contributed by atoms with E-state index in [1.165, 1.54) is 0 Å². The van der Waals surface area contributed by atoms with Crippen molar-refractivity contribution in [3.8, 4) is 0 Å². The highest BCUT2D eigenvalue weighted by Crippen LogP contribution is 2.35. The summed E-state index contributed by atoms with van der Waals surface area (Å²) in [6.45, 7) is 1.92. The molecule has 1 saturated heterocycles. The lowest BCUT2D eigenvalue weighted by atomic mass is 9.70. The molecule has 18 heavy (non-hydrogen) atoms. The minimum absolute atomic E-state index is 0.276. The van der Waals surface area contributed by atoms with Crippen LogP contribution in [0.5, 0.6) is 0 Å². The van der Waals surface area contributed by atoms with Crippen molar-refractivity contribution in [3.05, 3.63) is 29.8 Å². The van der Waals surface area contributed by atoms with E-state index in [0.717, 1.165) is 5.56 Å². The first kappa shape index (κ1) is 12.6. The summed E-state index contributed by atoms with van der Waals surface area (Å²) in [6, 6.07) is 6.49. The summed E-state index contributed by atoms with van der Waals surface area (Å²) in [7, 11) is 0. The number of piperidine rings is 1. The van der Waals surface area contributed by atoms with Crippen LogP contribution in [0.3, 0.4) is 0 Å². The zero-order valence-electron chi connectivity index (χ0n) is 10.3. The van der Waals surface area contributed by atoms with Crippen molar-refractivity contribution in [2.45, 2.75) is 31.2 Å². The third kappa shape index (κ3) is 1.86. The predicted octanol–water partition coefficient (Wildman–Crippen LogP) is 0.290. The standard InChI is InChI=1S/C13H17N3O2/c1-2-13(8-3-5-9(14)6-4-8)7-10(15)11(17)16-12(13)18/h3-6,10H,2,7,14-15H2,1H3,(H,16,17,18). The molecule has 1 heterocycles. The molecule has 1 aromatic rings. The first-order valence-electron chi connectivity index (χ1n) is 5.96.